The van der Waals surface area contributed by atoms with E-state index < -0.39 is 5.91 Å². The zero-order valence-electron chi connectivity index (χ0n) is 17.4. The number of hydrogen-bond acceptors (Lipinski definition) is 4. The van der Waals surface area contributed by atoms with E-state index in [9.17, 15) is 4.79 Å². The second kappa shape index (κ2) is 8.36. The average molecular weight is 441 g/mol. The summed E-state index contributed by atoms with van der Waals surface area (Å²) in [5, 5.41) is 11.3. The standard InChI is InChI=1S/C25H20N4O2S/c1-2-31-20-12-10-18(11-13-20)28-14-6-9-19(28)15-21-23(26)29-22(17-7-4-3-5-8-17)16-32-25(29)27-24(21)30/h3-16,26H,2H2,1H3/b21-15-,26-23?. The summed E-state index contributed by atoms with van der Waals surface area (Å²) in [5.74, 6) is 0.525. The number of amides is 1. The monoisotopic (exact) mass is 440 g/mol. The fourth-order valence-electron chi connectivity index (χ4n) is 3.68. The van der Waals surface area contributed by atoms with Crippen molar-refractivity contribution in [2.45, 2.75) is 6.92 Å². The van der Waals surface area contributed by atoms with Crippen LogP contribution in [0.1, 0.15) is 18.2 Å². The van der Waals surface area contributed by atoms with Crippen LogP contribution in [0.25, 0.3) is 17.5 Å². The molecular weight excluding hydrogens is 420 g/mol. The Bertz CT molecular complexity index is 1290. The Hall–Kier alpha value is -3.84. The Morgan fingerprint density at radius 3 is 2.59 bits per heavy atom. The number of hydrogen-bond donors (Lipinski definition) is 1. The Labute approximate surface area is 190 Å². The van der Waals surface area contributed by atoms with E-state index in [1.807, 2.05) is 89.8 Å². The molecule has 0 spiro atoms. The highest BCUT2D eigenvalue weighted by atomic mass is 32.2. The molecule has 5 rings (SSSR count). The van der Waals surface area contributed by atoms with Crippen LogP contribution in [0.5, 0.6) is 5.75 Å². The van der Waals surface area contributed by atoms with E-state index in [1.165, 1.54) is 11.8 Å². The van der Waals surface area contributed by atoms with Gasteiger partial charge in [0.15, 0.2) is 5.17 Å². The molecule has 3 aromatic rings. The lowest BCUT2D eigenvalue weighted by Crippen LogP contribution is -2.38. The fraction of sp³-hybridized carbons (Fsp3) is 0.0800. The quantitative estimate of drug-likeness (QED) is 0.555. The topological polar surface area (TPSA) is 70.7 Å². The van der Waals surface area contributed by atoms with Crippen LogP contribution in [0.15, 0.2) is 88.9 Å². The molecule has 2 aromatic carbocycles. The van der Waals surface area contributed by atoms with E-state index in [0.717, 1.165) is 28.4 Å². The first kappa shape index (κ1) is 20.1. The highest BCUT2D eigenvalue weighted by Gasteiger charge is 2.36. The molecule has 0 saturated carbocycles. The van der Waals surface area contributed by atoms with Crippen molar-refractivity contribution in [3.05, 3.63) is 95.2 Å². The number of nitrogens with zero attached hydrogens (tertiary/aromatic N) is 3. The lowest BCUT2D eigenvalue weighted by molar-refractivity contribution is -0.114. The maximum atomic E-state index is 12.8. The van der Waals surface area contributed by atoms with Crippen LogP contribution in [0.3, 0.4) is 0 Å². The normalized spacial score (nSPS) is 16.8. The van der Waals surface area contributed by atoms with Crippen LogP contribution in [0, 0.1) is 5.41 Å². The summed E-state index contributed by atoms with van der Waals surface area (Å²) in [7, 11) is 0. The third kappa shape index (κ3) is 3.56. The minimum Gasteiger partial charge on any atom is -0.494 e. The maximum absolute atomic E-state index is 12.8. The zero-order valence-corrected chi connectivity index (χ0v) is 18.2. The number of carbonyl (C=O) groups is 1. The van der Waals surface area contributed by atoms with E-state index >= 15 is 0 Å². The van der Waals surface area contributed by atoms with Crippen molar-refractivity contribution in [3.63, 3.8) is 0 Å². The van der Waals surface area contributed by atoms with Gasteiger partial charge in [-0.15, -0.1) is 0 Å². The second-order valence-corrected chi connectivity index (χ2v) is 8.00. The molecule has 0 unspecified atom stereocenters. The van der Waals surface area contributed by atoms with E-state index in [1.54, 1.807) is 11.0 Å². The summed E-state index contributed by atoms with van der Waals surface area (Å²) in [4.78, 5) is 18.8. The highest BCUT2D eigenvalue weighted by Crippen LogP contribution is 2.37. The Morgan fingerprint density at radius 2 is 1.84 bits per heavy atom. The molecule has 1 N–H and O–H groups in total. The van der Waals surface area contributed by atoms with Gasteiger partial charge in [0, 0.05) is 23.0 Å². The summed E-state index contributed by atoms with van der Waals surface area (Å²) >= 11 is 1.36. The van der Waals surface area contributed by atoms with Gasteiger partial charge in [-0.25, -0.2) is 0 Å². The minimum absolute atomic E-state index is 0.125. The molecule has 0 radical (unpaired) electrons. The van der Waals surface area contributed by atoms with Gasteiger partial charge < -0.3 is 9.30 Å². The van der Waals surface area contributed by atoms with E-state index in [4.69, 9.17) is 10.1 Å². The summed E-state index contributed by atoms with van der Waals surface area (Å²) in [6, 6.07) is 21.4. The van der Waals surface area contributed by atoms with Crippen molar-refractivity contribution in [2.24, 2.45) is 4.99 Å². The number of fused-ring (bicyclic) bond motifs is 1. The van der Waals surface area contributed by atoms with Gasteiger partial charge in [-0.1, -0.05) is 42.1 Å². The van der Waals surface area contributed by atoms with Crippen molar-refractivity contribution in [3.8, 4) is 11.4 Å². The number of benzene rings is 2. The van der Waals surface area contributed by atoms with E-state index in [2.05, 4.69) is 4.99 Å². The first-order valence-electron chi connectivity index (χ1n) is 10.2. The Kier molecular flexibility index (Phi) is 5.25. The number of nitrogens with one attached hydrogen (secondary N) is 1. The largest absolute Gasteiger partial charge is 0.494 e. The van der Waals surface area contributed by atoms with Gasteiger partial charge in [0.05, 0.1) is 17.9 Å². The Morgan fingerprint density at radius 1 is 1.06 bits per heavy atom. The molecule has 2 aliphatic rings. The predicted molar refractivity (Wildman–Crippen MR) is 129 cm³/mol. The van der Waals surface area contributed by atoms with Crippen LogP contribution >= 0.6 is 11.8 Å². The van der Waals surface area contributed by atoms with Crippen LogP contribution in [-0.2, 0) is 4.79 Å². The number of aromatic nitrogens is 1. The van der Waals surface area contributed by atoms with Gasteiger partial charge in [0.1, 0.15) is 11.6 Å². The third-order valence-electron chi connectivity index (χ3n) is 5.18. The van der Waals surface area contributed by atoms with E-state index in [-0.39, 0.29) is 11.4 Å². The molecule has 2 aliphatic heterocycles. The molecule has 32 heavy (non-hydrogen) atoms. The van der Waals surface area contributed by atoms with Gasteiger partial charge in [0.25, 0.3) is 5.91 Å². The molecule has 1 aromatic heterocycles. The number of thioether (sulfide) groups is 1. The average Bonchev–Trinajstić information content (AvgIpc) is 3.45. The molecule has 1 amide bonds. The molecule has 0 fully saturated rings. The van der Waals surface area contributed by atoms with Gasteiger partial charge in [0.2, 0.25) is 0 Å². The van der Waals surface area contributed by atoms with Gasteiger partial charge >= 0.3 is 0 Å². The molecular formula is C25H20N4O2S. The third-order valence-corrected chi connectivity index (χ3v) is 6.01. The predicted octanol–water partition coefficient (Wildman–Crippen LogP) is 5.18. The second-order valence-electron chi connectivity index (χ2n) is 7.16. The van der Waals surface area contributed by atoms with Gasteiger partial charge in [-0.05, 0) is 55.0 Å². The molecule has 7 heteroatoms. The Balaban J connectivity index is 1.49. The van der Waals surface area contributed by atoms with Crippen LogP contribution in [0.4, 0.5) is 0 Å². The first-order valence-corrected chi connectivity index (χ1v) is 11.1. The van der Waals surface area contributed by atoms with Crippen LogP contribution < -0.4 is 4.74 Å². The van der Waals surface area contributed by atoms with E-state index in [0.29, 0.717) is 11.8 Å². The van der Waals surface area contributed by atoms with Crippen LogP contribution in [0.2, 0.25) is 0 Å². The summed E-state index contributed by atoms with van der Waals surface area (Å²) in [6.07, 6.45) is 3.65. The lowest BCUT2D eigenvalue weighted by Gasteiger charge is -2.27. The van der Waals surface area contributed by atoms with Crippen molar-refractivity contribution >= 4 is 40.4 Å². The van der Waals surface area contributed by atoms with Crippen molar-refractivity contribution in [2.75, 3.05) is 6.61 Å². The molecule has 0 bridgehead atoms. The van der Waals surface area contributed by atoms with Gasteiger partial charge in [-0.3, -0.25) is 15.1 Å². The first-order chi connectivity index (χ1) is 15.7. The number of ether oxygens (including phenoxy) is 1. The number of rotatable bonds is 5. The number of carbonyl (C=O) groups excluding carboxylic acids is 1. The van der Waals surface area contributed by atoms with Crippen molar-refractivity contribution in [1.29, 1.82) is 5.41 Å². The number of aliphatic imine (C=N–C) groups is 1. The van der Waals surface area contributed by atoms with Crippen LogP contribution in [-0.4, -0.2) is 33.0 Å². The highest BCUT2D eigenvalue weighted by molar-refractivity contribution is 8.17. The molecule has 0 aliphatic carbocycles. The fourth-order valence-corrected chi connectivity index (χ4v) is 4.57. The number of amidine groups is 2. The molecule has 0 atom stereocenters. The maximum Gasteiger partial charge on any atom is 0.283 e. The molecule has 3 heterocycles. The summed E-state index contributed by atoms with van der Waals surface area (Å²) < 4.78 is 7.49. The molecule has 6 nitrogen and oxygen atoms in total. The minimum atomic E-state index is -0.407. The smallest absolute Gasteiger partial charge is 0.283 e. The van der Waals surface area contributed by atoms with Crippen molar-refractivity contribution < 1.29 is 9.53 Å². The summed E-state index contributed by atoms with van der Waals surface area (Å²) in [5.41, 5.74) is 3.80. The van der Waals surface area contributed by atoms with Gasteiger partial charge in [-0.2, -0.15) is 4.99 Å². The molecule has 0 saturated heterocycles. The summed E-state index contributed by atoms with van der Waals surface area (Å²) in [6.45, 7) is 2.56. The molecule has 158 valence electrons. The lowest BCUT2D eigenvalue weighted by atomic mass is 10.1. The zero-order chi connectivity index (χ0) is 22.1. The van der Waals surface area contributed by atoms with Crippen molar-refractivity contribution in [1.82, 2.24) is 9.47 Å². The SMILES string of the molecule is CCOc1ccc(-n2cccc2/C=C2/C(=N)N3C(c4ccccc4)=CSC3=NC2=O)cc1.